The molecule has 6 rings (SSSR count). The fourth-order valence-electron chi connectivity index (χ4n) is 6.95. The average Bonchev–Trinajstić information content (AvgIpc) is 3.15. The average molecular weight is 667 g/mol. The molecule has 0 radical (unpaired) electrons. The minimum Gasteiger partial charge on any atom is -0.494 e. The number of benzene rings is 4. The number of carbonyl (C=O) groups excluding carboxylic acids is 1. The fraction of sp³-hybridized carbons (Fsp3) is 0.439. The van der Waals surface area contributed by atoms with E-state index in [0.29, 0.717) is 45.2 Å². The van der Waals surface area contributed by atoms with Gasteiger partial charge in [-0.1, -0.05) is 78.9 Å². The molecule has 2 fully saturated rings. The summed E-state index contributed by atoms with van der Waals surface area (Å²) in [5.41, 5.74) is 4.05. The Morgan fingerprint density at radius 3 is 2.45 bits per heavy atom. The number of piperidine rings is 1. The second kappa shape index (κ2) is 18.4. The number of Topliss-reactive ketones (excluding diaryl/α,β-unsaturated/α-hetero) is 1. The first-order valence-electron chi connectivity index (χ1n) is 17.7. The van der Waals surface area contributed by atoms with E-state index in [1.165, 1.54) is 11.1 Å². The van der Waals surface area contributed by atoms with E-state index in [-0.39, 0.29) is 23.7 Å². The van der Waals surface area contributed by atoms with Gasteiger partial charge in [-0.25, -0.2) is 0 Å². The lowest BCUT2D eigenvalue weighted by Crippen LogP contribution is -2.48. The van der Waals surface area contributed by atoms with Crippen molar-refractivity contribution >= 4 is 16.6 Å². The molecule has 8 nitrogen and oxygen atoms in total. The maximum Gasteiger partial charge on any atom is 0.160 e. The van der Waals surface area contributed by atoms with Gasteiger partial charge in [-0.2, -0.15) is 0 Å². The smallest absolute Gasteiger partial charge is 0.160 e. The van der Waals surface area contributed by atoms with Gasteiger partial charge in [0.2, 0.25) is 0 Å². The molecule has 2 heterocycles. The minimum absolute atomic E-state index is 0.0487. The molecule has 0 aliphatic carbocycles. The van der Waals surface area contributed by atoms with Crippen LogP contribution in [0.1, 0.15) is 46.3 Å². The zero-order chi connectivity index (χ0) is 33.7. The van der Waals surface area contributed by atoms with Crippen LogP contribution in [0.2, 0.25) is 0 Å². The third-order valence-electron chi connectivity index (χ3n) is 9.59. The van der Waals surface area contributed by atoms with Crippen molar-refractivity contribution in [3.8, 4) is 5.75 Å². The van der Waals surface area contributed by atoms with E-state index in [1.54, 1.807) is 6.92 Å². The first-order chi connectivity index (χ1) is 24.2. The van der Waals surface area contributed by atoms with Gasteiger partial charge in [0.1, 0.15) is 5.75 Å². The standard InChI is InChI=1S/C41H50N2O6/c1-31(44)37-17-14-33-10-5-6-11-38(33)39(37)30-49-40-27-42-26-35(29-47-25-20-43-18-23-45-24-19-43)41(40)34-12-15-36(16-13-34)48-22-7-21-46-28-32-8-3-2-4-9-32/h2-6,8-17,35,40-42H,7,18-30H2,1H3. The number of nitrogens with zero attached hydrogens (tertiary/aromatic N) is 1. The predicted octanol–water partition coefficient (Wildman–Crippen LogP) is 6.27. The van der Waals surface area contributed by atoms with Crippen LogP contribution in [0.3, 0.4) is 0 Å². The maximum atomic E-state index is 12.7. The Balaban J connectivity index is 1.10. The van der Waals surface area contributed by atoms with E-state index in [4.69, 9.17) is 23.7 Å². The highest BCUT2D eigenvalue weighted by molar-refractivity contribution is 6.01. The van der Waals surface area contributed by atoms with Crippen molar-refractivity contribution in [2.45, 2.75) is 38.6 Å². The van der Waals surface area contributed by atoms with Gasteiger partial charge in [-0.3, -0.25) is 9.69 Å². The van der Waals surface area contributed by atoms with Crippen LogP contribution in [-0.2, 0) is 32.2 Å². The van der Waals surface area contributed by atoms with Crippen molar-refractivity contribution in [1.29, 1.82) is 0 Å². The summed E-state index contributed by atoms with van der Waals surface area (Å²) < 4.78 is 30.5. The summed E-state index contributed by atoms with van der Waals surface area (Å²) >= 11 is 0. The SMILES string of the molecule is CC(=O)c1ccc2ccccc2c1COC1CNCC(COCCN2CCOCC2)C1c1ccc(OCCCOCc2ccccc2)cc1. The fourth-order valence-corrected chi connectivity index (χ4v) is 6.95. The highest BCUT2D eigenvalue weighted by Crippen LogP contribution is 2.35. The number of carbonyl (C=O) groups is 1. The van der Waals surface area contributed by atoms with Gasteiger partial charge in [0, 0.05) is 56.5 Å². The Morgan fingerprint density at radius 1 is 0.837 bits per heavy atom. The quantitative estimate of drug-likeness (QED) is 0.105. The third-order valence-corrected chi connectivity index (χ3v) is 9.59. The molecule has 3 unspecified atom stereocenters. The lowest BCUT2D eigenvalue weighted by Gasteiger charge is -2.39. The molecule has 2 aliphatic heterocycles. The Labute approximate surface area is 290 Å². The Morgan fingerprint density at radius 2 is 1.63 bits per heavy atom. The zero-order valence-corrected chi connectivity index (χ0v) is 28.7. The number of morpholine rings is 1. The maximum absolute atomic E-state index is 12.7. The lowest BCUT2D eigenvalue weighted by atomic mass is 9.79. The van der Waals surface area contributed by atoms with Crippen LogP contribution >= 0.6 is 0 Å². The minimum atomic E-state index is -0.103. The van der Waals surface area contributed by atoms with Gasteiger partial charge in [-0.15, -0.1) is 0 Å². The van der Waals surface area contributed by atoms with E-state index in [2.05, 4.69) is 58.7 Å². The summed E-state index contributed by atoms with van der Waals surface area (Å²) in [6, 6.07) is 30.9. The molecule has 0 bridgehead atoms. The Bertz CT molecular complexity index is 1590. The van der Waals surface area contributed by atoms with E-state index >= 15 is 0 Å². The summed E-state index contributed by atoms with van der Waals surface area (Å²) in [5, 5.41) is 5.78. The van der Waals surface area contributed by atoms with Crippen LogP contribution in [-0.4, -0.2) is 89.2 Å². The first kappa shape index (κ1) is 35.2. The molecule has 0 spiro atoms. The second-order valence-electron chi connectivity index (χ2n) is 13.0. The van der Waals surface area contributed by atoms with Crippen LogP contribution in [0.25, 0.3) is 10.8 Å². The van der Waals surface area contributed by atoms with Crippen LogP contribution in [0.15, 0.2) is 91.0 Å². The summed E-state index contributed by atoms with van der Waals surface area (Å²) in [7, 11) is 0. The van der Waals surface area contributed by atoms with Crippen LogP contribution in [0.5, 0.6) is 5.75 Å². The molecule has 4 aromatic carbocycles. The Kier molecular flexibility index (Phi) is 13.2. The molecule has 8 heteroatoms. The topological polar surface area (TPSA) is 78.5 Å². The van der Waals surface area contributed by atoms with Crippen molar-refractivity contribution in [2.24, 2.45) is 5.92 Å². The molecular weight excluding hydrogens is 616 g/mol. The van der Waals surface area contributed by atoms with Crippen molar-refractivity contribution in [1.82, 2.24) is 10.2 Å². The molecular formula is C41H50N2O6. The van der Waals surface area contributed by atoms with E-state index in [9.17, 15) is 4.79 Å². The van der Waals surface area contributed by atoms with Crippen LogP contribution in [0, 0.1) is 5.92 Å². The van der Waals surface area contributed by atoms with Gasteiger partial charge < -0.3 is 29.0 Å². The molecule has 0 aromatic heterocycles. The highest BCUT2D eigenvalue weighted by Gasteiger charge is 2.36. The molecule has 0 amide bonds. The summed E-state index contributed by atoms with van der Waals surface area (Å²) in [4.78, 5) is 15.1. The third kappa shape index (κ3) is 9.97. The number of fused-ring (bicyclic) bond motifs is 1. The summed E-state index contributed by atoms with van der Waals surface area (Å²) in [5.74, 6) is 1.23. The molecule has 4 aromatic rings. The number of ketones is 1. The number of hydrogen-bond donors (Lipinski definition) is 1. The normalized spacial score (nSPS) is 20.0. The van der Waals surface area contributed by atoms with Gasteiger partial charge in [-0.05, 0) is 46.5 Å². The van der Waals surface area contributed by atoms with Crippen LogP contribution < -0.4 is 10.1 Å². The lowest BCUT2D eigenvalue weighted by molar-refractivity contribution is -0.0290. The van der Waals surface area contributed by atoms with Gasteiger partial charge in [0.15, 0.2) is 5.78 Å². The van der Waals surface area contributed by atoms with Gasteiger partial charge in [0.05, 0.1) is 59.0 Å². The number of nitrogens with one attached hydrogen (secondary N) is 1. The highest BCUT2D eigenvalue weighted by atomic mass is 16.5. The van der Waals surface area contributed by atoms with E-state index < -0.39 is 0 Å². The molecule has 1 N–H and O–H groups in total. The Hall–Kier alpha value is -3.63. The van der Waals surface area contributed by atoms with E-state index in [0.717, 1.165) is 74.4 Å². The van der Waals surface area contributed by atoms with Crippen molar-refractivity contribution in [3.05, 3.63) is 113 Å². The number of hydrogen-bond acceptors (Lipinski definition) is 8. The zero-order valence-electron chi connectivity index (χ0n) is 28.7. The van der Waals surface area contributed by atoms with Gasteiger partial charge in [0.25, 0.3) is 0 Å². The predicted molar refractivity (Wildman–Crippen MR) is 192 cm³/mol. The van der Waals surface area contributed by atoms with Gasteiger partial charge >= 0.3 is 0 Å². The van der Waals surface area contributed by atoms with Crippen molar-refractivity contribution in [2.75, 3.05) is 72.4 Å². The molecule has 2 saturated heterocycles. The second-order valence-corrected chi connectivity index (χ2v) is 13.0. The summed E-state index contributed by atoms with van der Waals surface area (Å²) in [6.07, 6.45) is 0.716. The molecule has 49 heavy (non-hydrogen) atoms. The number of ether oxygens (including phenoxy) is 5. The molecule has 2 aliphatic rings. The summed E-state index contributed by atoms with van der Waals surface area (Å²) in [6.45, 7) is 11.1. The van der Waals surface area contributed by atoms with Crippen molar-refractivity contribution < 1.29 is 28.5 Å². The number of rotatable bonds is 17. The molecule has 3 atom stereocenters. The molecule has 260 valence electrons. The van der Waals surface area contributed by atoms with Crippen LogP contribution in [0.4, 0.5) is 0 Å². The van der Waals surface area contributed by atoms with E-state index in [1.807, 2.05) is 42.5 Å². The first-order valence-corrected chi connectivity index (χ1v) is 17.7. The van der Waals surface area contributed by atoms with Crippen molar-refractivity contribution in [3.63, 3.8) is 0 Å². The molecule has 0 saturated carbocycles. The monoisotopic (exact) mass is 666 g/mol. The largest absolute Gasteiger partial charge is 0.494 e.